The van der Waals surface area contributed by atoms with E-state index in [1.54, 1.807) is 25.3 Å². The summed E-state index contributed by atoms with van der Waals surface area (Å²) in [6.45, 7) is 0.762. The molecule has 0 heterocycles. The smallest absolute Gasteiger partial charge is 0.253 e. The summed E-state index contributed by atoms with van der Waals surface area (Å²) in [5, 5.41) is 11.9. The Balaban J connectivity index is 1.96. The van der Waals surface area contributed by atoms with Gasteiger partial charge in [-0.2, -0.15) is 0 Å². The minimum Gasteiger partial charge on any atom is -0.497 e. The third-order valence-corrected chi connectivity index (χ3v) is 3.73. The number of aliphatic hydroxyl groups excluding tert-OH is 1. The van der Waals surface area contributed by atoms with Crippen molar-refractivity contribution in [2.75, 3.05) is 26.0 Å². The van der Waals surface area contributed by atoms with Crippen LogP contribution in [-0.2, 0) is 0 Å². The highest BCUT2D eigenvalue weighted by Crippen LogP contribution is 2.47. The molecule has 5 nitrogen and oxygen atoms in total. The molecular weight excluding hydrogens is 244 g/mol. The van der Waals surface area contributed by atoms with E-state index in [2.05, 4.69) is 5.32 Å². The maximum Gasteiger partial charge on any atom is 0.253 e. The van der Waals surface area contributed by atoms with Gasteiger partial charge in [0.05, 0.1) is 12.7 Å². The third-order valence-electron chi connectivity index (χ3n) is 3.73. The number of benzene rings is 1. The van der Waals surface area contributed by atoms with Gasteiger partial charge in [0.15, 0.2) is 0 Å². The summed E-state index contributed by atoms with van der Waals surface area (Å²) in [6.07, 6.45) is 2.86. The molecule has 1 fully saturated rings. The highest BCUT2D eigenvalue weighted by Gasteiger charge is 2.41. The van der Waals surface area contributed by atoms with Gasteiger partial charge in [0, 0.05) is 24.9 Å². The fraction of sp³-hybridized carbons (Fsp3) is 0.500. The number of nitrogens with two attached hydrogens (primary N) is 1. The van der Waals surface area contributed by atoms with E-state index < -0.39 is 0 Å². The molecule has 5 heteroatoms. The first kappa shape index (κ1) is 13.7. The number of aliphatic hydroxyl groups is 1. The van der Waals surface area contributed by atoms with Crippen molar-refractivity contribution in [1.82, 2.24) is 5.32 Å². The standard InChI is InChI=1S/C14H20N2O3/c1-19-10-2-3-11(12(15)8-10)13(18)16-9-14(4-5-14)6-7-17/h2-3,8,17H,4-7,9,15H2,1H3,(H,16,18). The summed E-state index contributed by atoms with van der Waals surface area (Å²) >= 11 is 0. The monoisotopic (exact) mass is 264 g/mol. The Morgan fingerprint density at radius 1 is 1.53 bits per heavy atom. The summed E-state index contributed by atoms with van der Waals surface area (Å²) in [5.74, 6) is 0.456. The molecule has 1 amide bonds. The number of nitrogens with one attached hydrogen (secondary N) is 1. The number of nitrogen functional groups attached to an aromatic ring is 1. The molecule has 1 aliphatic rings. The topological polar surface area (TPSA) is 84.6 Å². The zero-order chi connectivity index (χ0) is 13.9. The highest BCUT2D eigenvalue weighted by molar-refractivity contribution is 5.99. The van der Waals surface area contributed by atoms with Crippen LogP contribution in [0.15, 0.2) is 18.2 Å². The number of carbonyl (C=O) groups is 1. The van der Waals surface area contributed by atoms with Crippen LogP contribution in [0.5, 0.6) is 5.75 Å². The summed E-state index contributed by atoms with van der Waals surface area (Å²) in [6, 6.07) is 5.01. The van der Waals surface area contributed by atoms with Crippen LogP contribution in [0.1, 0.15) is 29.6 Å². The average molecular weight is 264 g/mol. The zero-order valence-electron chi connectivity index (χ0n) is 11.1. The second-order valence-corrected chi connectivity index (χ2v) is 5.11. The van der Waals surface area contributed by atoms with Crippen LogP contribution in [0, 0.1) is 5.41 Å². The minimum atomic E-state index is -0.177. The SMILES string of the molecule is COc1ccc(C(=O)NCC2(CCO)CC2)c(N)c1. The predicted molar refractivity (Wildman–Crippen MR) is 73.1 cm³/mol. The van der Waals surface area contributed by atoms with Crippen molar-refractivity contribution < 1.29 is 14.6 Å². The van der Waals surface area contributed by atoms with E-state index >= 15 is 0 Å². The largest absolute Gasteiger partial charge is 0.497 e. The molecule has 0 bridgehead atoms. The van der Waals surface area contributed by atoms with Crippen LogP contribution in [0.4, 0.5) is 5.69 Å². The van der Waals surface area contributed by atoms with Gasteiger partial charge >= 0.3 is 0 Å². The Hall–Kier alpha value is -1.75. The Morgan fingerprint density at radius 3 is 2.79 bits per heavy atom. The normalized spacial score (nSPS) is 15.9. The molecule has 0 spiro atoms. The van der Waals surface area contributed by atoms with Gasteiger partial charge in [-0.25, -0.2) is 0 Å². The second-order valence-electron chi connectivity index (χ2n) is 5.11. The molecule has 0 radical (unpaired) electrons. The van der Waals surface area contributed by atoms with Gasteiger partial charge in [0.2, 0.25) is 0 Å². The number of hydrogen-bond donors (Lipinski definition) is 3. The van der Waals surface area contributed by atoms with E-state index in [-0.39, 0.29) is 17.9 Å². The summed E-state index contributed by atoms with van der Waals surface area (Å²) < 4.78 is 5.05. The van der Waals surface area contributed by atoms with Crippen molar-refractivity contribution in [2.45, 2.75) is 19.3 Å². The maximum atomic E-state index is 12.0. The summed E-state index contributed by atoms with van der Waals surface area (Å²) in [7, 11) is 1.56. The lowest BCUT2D eigenvalue weighted by atomic mass is 10.0. The van der Waals surface area contributed by atoms with Crippen LogP contribution < -0.4 is 15.8 Å². The van der Waals surface area contributed by atoms with Crippen molar-refractivity contribution >= 4 is 11.6 Å². The number of amides is 1. The molecule has 1 aromatic carbocycles. The quantitative estimate of drug-likeness (QED) is 0.673. The molecule has 0 saturated heterocycles. The molecular formula is C14H20N2O3. The first-order valence-electron chi connectivity index (χ1n) is 6.43. The van der Waals surface area contributed by atoms with Gasteiger partial charge in [0.25, 0.3) is 5.91 Å². The average Bonchev–Trinajstić information content (AvgIpc) is 3.16. The van der Waals surface area contributed by atoms with Crippen molar-refractivity contribution in [1.29, 1.82) is 0 Å². The Bertz CT molecular complexity index is 470. The highest BCUT2D eigenvalue weighted by atomic mass is 16.5. The Morgan fingerprint density at radius 2 is 2.26 bits per heavy atom. The van der Waals surface area contributed by atoms with E-state index in [0.717, 1.165) is 19.3 Å². The molecule has 1 aromatic rings. The summed E-state index contributed by atoms with van der Waals surface area (Å²) in [5.41, 5.74) is 6.80. The van der Waals surface area contributed by atoms with Gasteiger partial charge in [-0.05, 0) is 36.8 Å². The molecule has 0 aliphatic heterocycles. The van der Waals surface area contributed by atoms with E-state index in [4.69, 9.17) is 15.6 Å². The van der Waals surface area contributed by atoms with Crippen molar-refractivity contribution in [3.63, 3.8) is 0 Å². The van der Waals surface area contributed by atoms with E-state index in [0.29, 0.717) is 23.5 Å². The molecule has 1 aliphatic carbocycles. The third kappa shape index (κ3) is 3.17. The number of anilines is 1. The minimum absolute atomic E-state index is 0.103. The molecule has 0 aromatic heterocycles. The van der Waals surface area contributed by atoms with E-state index in [9.17, 15) is 4.79 Å². The molecule has 104 valence electrons. The first-order valence-corrected chi connectivity index (χ1v) is 6.43. The maximum absolute atomic E-state index is 12.0. The fourth-order valence-corrected chi connectivity index (χ4v) is 2.17. The molecule has 0 atom stereocenters. The van der Waals surface area contributed by atoms with Gasteiger partial charge in [0.1, 0.15) is 5.75 Å². The van der Waals surface area contributed by atoms with Crippen molar-refractivity contribution in [3.05, 3.63) is 23.8 Å². The first-order chi connectivity index (χ1) is 9.10. The molecule has 1 saturated carbocycles. The molecule has 4 N–H and O–H groups in total. The predicted octanol–water partition coefficient (Wildman–Crippen LogP) is 1.17. The molecule has 2 rings (SSSR count). The Labute approximate surface area is 112 Å². The lowest BCUT2D eigenvalue weighted by molar-refractivity contribution is 0.0941. The van der Waals surface area contributed by atoms with Crippen LogP contribution in [0.2, 0.25) is 0 Å². The van der Waals surface area contributed by atoms with Crippen LogP contribution in [0.25, 0.3) is 0 Å². The second kappa shape index (κ2) is 5.48. The van der Waals surface area contributed by atoms with Gasteiger partial charge < -0.3 is 20.9 Å². The molecule has 19 heavy (non-hydrogen) atoms. The van der Waals surface area contributed by atoms with E-state index in [1.807, 2.05) is 0 Å². The molecule has 0 unspecified atom stereocenters. The zero-order valence-corrected chi connectivity index (χ0v) is 11.1. The van der Waals surface area contributed by atoms with Crippen LogP contribution in [0.3, 0.4) is 0 Å². The van der Waals surface area contributed by atoms with Crippen molar-refractivity contribution in [3.8, 4) is 5.75 Å². The van der Waals surface area contributed by atoms with Crippen molar-refractivity contribution in [2.24, 2.45) is 5.41 Å². The lowest BCUT2D eigenvalue weighted by Gasteiger charge is -2.15. The van der Waals surface area contributed by atoms with Gasteiger partial charge in [-0.15, -0.1) is 0 Å². The van der Waals surface area contributed by atoms with Crippen LogP contribution >= 0.6 is 0 Å². The number of methoxy groups -OCH3 is 1. The fourth-order valence-electron chi connectivity index (χ4n) is 2.17. The Kier molecular flexibility index (Phi) is 3.95. The number of ether oxygens (including phenoxy) is 1. The van der Waals surface area contributed by atoms with Crippen LogP contribution in [-0.4, -0.2) is 31.3 Å². The van der Waals surface area contributed by atoms with Gasteiger partial charge in [-0.1, -0.05) is 0 Å². The number of rotatable bonds is 6. The van der Waals surface area contributed by atoms with Gasteiger partial charge in [-0.3, -0.25) is 4.79 Å². The number of carbonyl (C=O) groups excluding carboxylic acids is 1. The number of hydrogen-bond acceptors (Lipinski definition) is 4. The summed E-state index contributed by atoms with van der Waals surface area (Å²) in [4.78, 5) is 12.0. The van der Waals surface area contributed by atoms with E-state index in [1.165, 1.54) is 0 Å². The lowest BCUT2D eigenvalue weighted by Crippen LogP contribution is -2.31.